The van der Waals surface area contributed by atoms with Crippen LogP contribution < -0.4 is 15.5 Å². The molecule has 1 amide bonds. The number of thiophene rings is 1. The topological polar surface area (TPSA) is 73.4 Å². The third-order valence-electron chi connectivity index (χ3n) is 5.17. The van der Waals surface area contributed by atoms with Crippen LogP contribution in [0.3, 0.4) is 0 Å². The summed E-state index contributed by atoms with van der Waals surface area (Å²) in [5.41, 5.74) is 1.69. The van der Waals surface area contributed by atoms with Gasteiger partial charge in [0.15, 0.2) is 5.13 Å². The Hall–Kier alpha value is -3.01. The van der Waals surface area contributed by atoms with Crippen molar-refractivity contribution in [3.8, 4) is 0 Å². The molecule has 3 aromatic heterocycles. The SMILES string of the molecule is CN1CCN(c2ccc(NC(=O)c3cc4sc(Nc5ccccc5)nc4s3)cn2)CC1. The number of likely N-dealkylation sites (N-methyl/N-ethyl adjacent to an activating group) is 1. The minimum absolute atomic E-state index is 0.137. The van der Waals surface area contributed by atoms with Crippen molar-refractivity contribution in [3.63, 3.8) is 0 Å². The largest absolute Gasteiger partial charge is 0.354 e. The maximum Gasteiger partial charge on any atom is 0.265 e. The van der Waals surface area contributed by atoms with Gasteiger partial charge in [-0.25, -0.2) is 9.97 Å². The van der Waals surface area contributed by atoms with Crippen LogP contribution in [0, 0.1) is 0 Å². The number of para-hydroxylation sites is 1. The molecule has 0 bridgehead atoms. The molecule has 1 aromatic carbocycles. The Kier molecular flexibility index (Phi) is 5.54. The number of carbonyl (C=O) groups is 1. The Morgan fingerprint density at radius 3 is 2.52 bits per heavy atom. The number of amides is 1. The highest BCUT2D eigenvalue weighted by molar-refractivity contribution is 7.29. The highest BCUT2D eigenvalue weighted by Gasteiger charge is 2.17. The van der Waals surface area contributed by atoms with Crippen molar-refractivity contribution in [3.05, 3.63) is 59.6 Å². The van der Waals surface area contributed by atoms with Gasteiger partial charge in [0.25, 0.3) is 5.91 Å². The molecule has 0 saturated carbocycles. The average molecular weight is 451 g/mol. The van der Waals surface area contributed by atoms with Crippen molar-refractivity contribution >= 4 is 60.4 Å². The van der Waals surface area contributed by atoms with Gasteiger partial charge >= 0.3 is 0 Å². The second-order valence-corrected chi connectivity index (χ2v) is 9.50. The maximum atomic E-state index is 12.7. The van der Waals surface area contributed by atoms with Gasteiger partial charge in [-0.3, -0.25) is 4.79 Å². The number of piperazine rings is 1. The van der Waals surface area contributed by atoms with Gasteiger partial charge in [-0.1, -0.05) is 29.5 Å². The molecule has 7 nitrogen and oxygen atoms in total. The average Bonchev–Trinajstić information content (AvgIpc) is 3.34. The summed E-state index contributed by atoms with van der Waals surface area (Å²) in [6.45, 7) is 4.00. The van der Waals surface area contributed by atoms with Crippen molar-refractivity contribution < 1.29 is 4.79 Å². The summed E-state index contributed by atoms with van der Waals surface area (Å²) in [6, 6.07) is 15.7. The summed E-state index contributed by atoms with van der Waals surface area (Å²) >= 11 is 2.94. The lowest BCUT2D eigenvalue weighted by atomic mass is 10.3. The van der Waals surface area contributed by atoms with E-state index in [1.54, 1.807) is 17.5 Å². The lowest BCUT2D eigenvalue weighted by Crippen LogP contribution is -2.44. The standard InChI is InChI=1S/C22H22N6OS2/c1-27-9-11-28(12-10-27)19-8-7-16(14-23-19)24-20(29)17-13-18-21(30-17)26-22(31-18)25-15-5-3-2-4-6-15/h2-8,13-14H,9-12H2,1H3,(H,24,29)(H,25,26). The van der Waals surface area contributed by atoms with Crippen LogP contribution >= 0.6 is 22.7 Å². The van der Waals surface area contributed by atoms with Gasteiger partial charge in [0, 0.05) is 31.9 Å². The zero-order valence-corrected chi connectivity index (χ0v) is 18.7. The molecule has 0 unspecified atom stereocenters. The van der Waals surface area contributed by atoms with Gasteiger partial charge in [-0.15, -0.1) is 11.3 Å². The number of anilines is 4. The van der Waals surface area contributed by atoms with E-state index in [0.29, 0.717) is 10.6 Å². The second-order valence-electron chi connectivity index (χ2n) is 7.44. The molecule has 158 valence electrons. The summed E-state index contributed by atoms with van der Waals surface area (Å²) < 4.78 is 0.997. The summed E-state index contributed by atoms with van der Waals surface area (Å²) in [6.07, 6.45) is 1.72. The number of thiazole rings is 1. The Morgan fingerprint density at radius 2 is 1.81 bits per heavy atom. The van der Waals surface area contributed by atoms with Crippen LogP contribution in [-0.4, -0.2) is 54.0 Å². The lowest BCUT2D eigenvalue weighted by Gasteiger charge is -2.33. The van der Waals surface area contributed by atoms with Gasteiger partial charge in [0.2, 0.25) is 0 Å². The van der Waals surface area contributed by atoms with Crippen LogP contribution in [0.5, 0.6) is 0 Å². The van der Waals surface area contributed by atoms with Gasteiger partial charge in [-0.05, 0) is 37.4 Å². The Morgan fingerprint density at radius 1 is 1.00 bits per heavy atom. The zero-order valence-electron chi connectivity index (χ0n) is 17.0. The molecule has 2 N–H and O–H groups in total. The minimum Gasteiger partial charge on any atom is -0.354 e. The van der Waals surface area contributed by atoms with Crippen molar-refractivity contribution in [2.45, 2.75) is 0 Å². The van der Waals surface area contributed by atoms with Crippen molar-refractivity contribution in [1.82, 2.24) is 14.9 Å². The molecule has 4 aromatic rings. The predicted octanol–water partition coefficient (Wildman–Crippen LogP) is 4.50. The van der Waals surface area contributed by atoms with E-state index >= 15 is 0 Å². The normalized spacial score (nSPS) is 14.7. The third-order valence-corrected chi connectivity index (χ3v) is 7.25. The van der Waals surface area contributed by atoms with Crippen LogP contribution in [0.25, 0.3) is 9.53 Å². The molecule has 0 spiro atoms. The first kappa shape index (κ1) is 19.9. The van der Waals surface area contributed by atoms with E-state index in [9.17, 15) is 4.79 Å². The molecule has 1 fully saturated rings. The van der Waals surface area contributed by atoms with Gasteiger partial charge < -0.3 is 20.4 Å². The van der Waals surface area contributed by atoms with Crippen molar-refractivity contribution in [2.24, 2.45) is 0 Å². The monoisotopic (exact) mass is 450 g/mol. The van der Waals surface area contributed by atoms with Crippen molar-refractivity contribution in [1.29, 1.82) is 0 Å². The number of benzene rings is 1. The first-order valence-electron chi connectivity index (χ1n) is 10.1. The first-order valence-corrected chi connectivity index (χ1v) is 11.7. The maximum absolute atomic E-state index is 12.7. The number of carbonyl (C=O) groups excluding carboxylic acids is 1. The fourth-order valence-corrected chi connectivity index (χ4v) is 5.45. The van der Waals surface area contributed by atoms with Crippen LogP contribution in [0.1, 0.15) is 9.67 Å². The van der Waals surface area contributed by atoms with Crippen molar-refractivity contribution in [2.75, 3.05) is 48.8 Å². The molecule has 5 rings (SSSR count). The molecule has 1 aliphatic heterocycles. The molecule has 4 heterocycles. The summed E-state index contributed by atoms with van der Waals surface area (Å²) in [7, 11) is 2.13. The second kappa shape index (κ2) is 8.62. The highest BCUT2D eigenvalue weighted by Crippen LogP contribution is 2.34. The van der Waals surface area contributed by atoms with Crippen LogP contribution in [0.15, 0.2) is 54.7 Å². The van der Waals surface area contributed by atoms with Gasteiger partial charge in [0.05, 0.1) is 21.5 Å². The van der Waals surface area contributed by atoms with E-state index in [-0.39, 0.29) is 5.91 Å². The molecular formula is C22H22N6OS2. The van der Waals surface area contributed by atoms with E-state index in [1.165, 1.54) is 11.3 Å². The van der Waals surface area contributed by atoms with Crippen LogP contribution in [-0.2, 0) is 0 Å². The molecule has 0 aliphatic carbocycles. The summed E-state index contributed by atoms with van der Waals surface area (Å²) in [5, 5.41) is 7.07. The van der Waals surface area contributed by atoms with Gasteiger partial charge in [-0.2, -0.15) is 0 Å². The molecule has 31 heavy (non-hydrogen) atoms. The number of hydrogen-bond acceptors (Lipinski definition) is 8. The number of aromatic nitrogens is 2. The number of nitrogens with zero attached hydrogens (tertiary/aromatic N) is 4. The van der Waals surface area contributed by atoms with E-state index in [4.69, 9.17) is 0 Å². The number of fused-ring (bicyclic) bond motifs is 1. The smallest absolute Gasteiger partial charge is 0.265 e. The van der Waals surface area contributed by atoms with E-state index in [2.05, 4.69) is 37.4 Å². The highest BCUT2D eigenvalue weighted by atomic mass is 32.1. The molecule has 1 aliphatic rings. The molecule has 1 saturated heterocycles. The Bertz CT molecular complexity index is 1150. The number of pyridine rings is 1. The molecular weight excluding hydrogens is 428 g/mol. The van der Waals surface area contributed by atoms with E-state index < -0.39 is 0 Å². The summed E-state index contributed by atoms with van der Waals surface area (Å²) in [4.78, 5) is 27.9. The molecule has 9 heteroatoms. The predicted molar refractivity (Wildman–Crippen MR) is 129 cm³/mol. The first-order chi connectivity index (χ1) is 15.1. The van der Waals surface area contributed by atoms with Gasteiger partial charge in [0.1, 0.15) is 10.6 Å². The van der Waals surface area contributed by atoms with Crippen LogP contribution in [0.4, 0.5) is 22.3 Å². The quantitative estimate of drug-likeness (QED) is 0.466. The Labute approximate surface area is 188 Å². The summed E-state index contributed by atoms with van der Waals surface area (Å²) in [5.74, 6) is 0.812. The van der Waals surface area contributed by atoms with E-state index in [0.717, 1.165) is 52.3 Å². The number of nitrogens with one attached hydrogen (secondary N) is 2. The van der Waals surface area contributed by atoms with Crippen LogP contribution in [0.2, 0.25) is 0 Å². The number of hydrogen-bond donors (Lipinski definition) is 2. The number of rotatable bonds is 5. The Balaban J connectivity index is 1.23. The zero-order chi connectivity index (χ0) is 21.2. The fraction of sp³-hybridized carbons (Fsp3) is 0.227. The third kappa shape index (κ3) is 4.53. The molecule has 0 radical (unpaired) electrons. The lowest BCUT2D eigenvalue weighted by molar-refractivity contribution is 0.103. The fourth-order valence-electron chi connectivity index (χ4n) is 3.42. The minimum atomic E-state index is -0.137. The molecule has 0 atom stereocenters. The van der Waals surface area contributed by atoms with E-state index in [1.807, 2.05) is 48.5 Å².